The van der Waals surface area contributed by atoms with Crippen LogP contribution in [-0.2, 0) is 0 Å². The minimum Gasteiger partial charge on any atom is -0.456 e. The van der Waals surface area contributed by atoms with Gasteiger partial charge >= 0.3 is 0 Å². The third-order valence-electron chi connectivity index (χ3n) is 7.76. The first-order valence-corrected chi connectivity index (χ1v) is 14.3. The van der Waals surface area contributed by atoms with Crippen LogP contribution in [0.4, 0.5) is 11.4 Å². The highest BCUT2D eigenvalue weighted by Crippen LogP contribution is 2.43. The fourth-order valence-electron chi connectivity index (χ4n) is 5.72. The highest BCUT2D eigenvalue weighted by atomic mass is 32.1. The summed E-state index contributed by atoms with van der Waals surface area (Å²) in [6.45, 7) is 2.13. The number of thiophene rings is 1. The van der Waals surface area contributed by atoms with Crippen LogP contribution in [0, 0.1) is 6.92 Å². The molecule has 190 valence electrons. The first-order valence-electron chi connectivity index (χ1n) is 13.5. The molecule has 8 aromatic rings. The third kappa shape index (κ3) is 3.78. The van der Waals surface area contributed by atoms with Crippen LogP contribution in [0.5, 0.6) is 0 Å². The van der Waals surface area contributed by atoms with Crippen LogP contribution in [0.1, 0.15) is 5.56 Å². The minimum atomic E-state index is 0.921. The van der Waals surface area contributed by atoms with Gasteiger partial charge in [0.05, 0.1) is 0 Å². The van der Waals surface area contributed by atoms with E-state index in [1.807, 2.05) is 23.5 Å². The largest absolute Gasteiger partial charge is 0.456 e. The summed E-state index contributed by atoms with van der Waals surface area (Å²) < 4.78 is 8.63. The average Bonchev–Trinajstić information content (AvgIpc) is 3.57. The first-order chi connectivity index (χ1) is 19.7. The van der Waals surface area contributed by atoms with Crippen molar-refractivity contribution in [1.29, 1.82) is 0 Å². The lowest BCUT2D eigenvalue weighted by Crippen LogP contribution is -1.91. The zero-order chi connectivity index (χ0) is 26.6. The molecule has 0 fully saturated rings. The predicted molar refractivity (Wildman–Crippen MR) is 172 cm³/mol. The molecule has 1 N–H and O–H groups in total. The molecule has 6 aromatic carbocycles. The topological polar surface area (TPSA) is 25.2 Å². The van der Waals surface area contributed by atoms with E-state index >= 15 is 0 Å². The third-order valence-corrected chi connectivity index (χ3v) is 8.96. The van der Waals surface area contributed by atoms with Crippen molar-refractivity contribution in [2.75, 3.05) is 5.32 Å². The van der Waals surface area contributed by atoms with Gasteiger partial charge in [-0.3, -0.25) is 0 Å². The molecule has 0 saturated heterocycles. The van der Waals surface area contributed by atoms with Crippen molar-refractivity contribution in [3.8, 4) is 22.3 Å². The van der Waals surface area contributed by atoms with Crippen LogP contribution in [0.15, 0.2) is 132 Å². The van der Waals surface area contributed by atoms with Gasteiger partial charge in [0.1, 0.15) is 11.2 Å². The van der Waals surface area contributed by atoms with Crippen LogP contribution < -0.4 is 5.32 Å². The molecule has 0 saturated carbocycles. The molecule has 0 aliphatic carbocycles. The van der Waals surface area contributed by atoms with Gasteiger partial charge in [0, 0.05) is 42.3 Å². The molecular formula is C37H25NOS. The van der Waals surface area contributed by atoms with E-state index in [0.29, 0.717) is 0 Å². The number of hydrogen-bond donors (Lipinski definition) is 1. The molecular weight excluding hydrogens is 506 g/mol. The Labute approximate surface area is 236 Å². The van der Waals surface area contributed by atoms with E-state index in [2.05, 4.69) is 128 Å². The van der Waals surface area contributed by atoms with Gasteiger partial charge in [-0.25, -0.2) is 0 Å². The molecule has 3 heteroatoms. The van der Waals surface area contributed by atoms with Crippen LogP contribution in [0.3, 0.4) is 0 Å². The Hall–Kier alpha value is -4.86. The van der Waals surface area contributed by atoms with Gasteiger partial charge in [-0.15, -0.1) is 11.3 Å². The Balaban J connectivity index is 1.15. The van der Waals surface area contributed by atoms with Crippen molar-refractivity contribution < 1.29 is 4.42 Å². The number of nitrogens with one attached hydrogen (secondary N) is 1. The summed E-state index contributed by atoms with van der Waals surface area (Å²) in [4.78, 5) is 0. The van der Waals surface area contributed by atoms with E-state index in [-0.39, 0.29) is 0 Å². The maximum Gasteiger partial charge on any atom is 0.135 e. The fraction of sp³-hybridized carbons (Fsp3) is 0.0270. The van der Waals surface area contributed by atoms with Crippen molar-refractivity contribution in [2.24, 2.45) is 0 Å². The molecule has 2 aromatic heterocycles. The van der Waals surface area contributed by atoms with Gasteiger partial charge in [0.25, 0.3) is 0 Å². The van der Waals surface area contributed by atoms with Crippen molar-refractivity contribution in [1.82, 2.24) is 0 Å². The van der Waals surface area contributed by atoms with Gasteiger partial charge in [0.2, 0.25) is 0 Å². The second-order valence-electron chi connectivity index (χ2n) is 10.3. The molecule has 0 aliphatic heterocycles. The van der Waals surface area contributed by atoms with Crippen LogP contribution >= 0.6 is 11.3 Å². The Morgan fingerprint density at radius 3 is 2.17 bits per heavy atom. The molecule has 0 amide bonds. The molecule has 40 heavy (non-hydrogen) atoms. The molecule has 8 rings (SSSR count). The Morgan fingerprint density at radius 1 is 0.575 bits per heavy atom. The van der Waals surface area contributed by atoms with Gasteiger partial charge in [0.15, 0.2) is 0 Å². The van der Waals surface area contributed by atoms with Crippen molar-refractivity contribution in [3.05, 3.63) is 133 Å². The summed E-state index contributed by atoms with van der Waals surface area (Å²) in [6.07, 6.45) is 0. The first kappa shape index (κ1) is 23.1. The molecule has 2 nitrogen and oxygen atoms in total. The number of rotatable bonds is 4. The summed E-state index contributed by atoms with van der Waals surface area (Å²) in [5.41, 5.74) is 10.2. The monoisotopic (exact) mass is 531 g/mol. The lowest BCUT2D eigenvalue weighted by Gasteiger charge is -2.10. The predicted octanol–water partition coefficient (Wildman–Crippen LogP) is 11.3. The quantitative estimate of drug-likeness (QED) is 0.244. The molecule has 0 spiro atoms. The number of aryl methyl sites for hydroxylation is 1. The zero-order valence-corrected chi connectivity index (χ0v) is 22.8. The van der Waals surface area contributed by atoms with Gasteiger partial charge in [-0.2, -0.15) is 0 Å². The highest BCUT2D eigenvalue weighted by molar-refractivity contribution is 7.26. The summed E-state index contributed by atoms with van der Waals surface area (Å²) in [6, 6.07) is 45.4. The maximum atomic E-state index is 6.02. The summed E-state index contributed by atoms with van der Waals surface area (Å²) >= 11 is 1.87. The van der Waals surface area contributed by atoms with Crippen LogP contribution in [-0.4, -0.2) is 0 Å². The Morgan fingerprint density at radius 2 is 1.30 bits per heavy atom. The number of anilines is 2. The highest BCUT2D eigenvalue weighted by Gasteiger charge is 2.14. The molecule has 0 aliphatic rings. The zero-order valence-electron chi connectivity index (χ0n) is 21.9. The number of furan rings is 1. The van der Waals surface area contributed by atoms with Crippen molar-refractivity contribution >= 4 is 64.8 Å². The molecule has 0 atom stereocenters. The van der Waals surface area contributed by atoms with Crippen molar-refractivity contribution in [3.63, 3.8) is 0 Å². The fourth-order valence-corrected chi connectivity index (χ4v) is 6.98. The van der Waals surface area contributed by atoms with E-state index in [0.717, 1.165) is 33.3 Å². The van der Waals surface area contributed by atoms with Gasteiger partial charge in [-0.05, 0) is 71.6 Å². The van der Waals surface area contributed by atoms with E-state index in [1.54, 1.807) is 0 Å². The maximum absolute atomic E-state index is 6.02. The van der Waals surface area contributed by atoms with Gasteiger partial charge < -0.3 is 9.73 Å². The normalized spacial score (nSPS) is 11.6. The molecule has 2 heterocycles. The molecule has 0 unspecified atom stereocenters. The van der Waals surface area contributed by atoms with Crippen LogP contribution in [0.2, 0.25) is 0 Å². The standard InChI is InChI=1S/C37H25NOS/c1-23-12-14-25(15-13-23)28-7-4-8-30-36-32(9-5-11-35(36)40-37(28)30)38-27-19-16-24(17-20-27)26-18-21-34-31(22-26)29-6-2-3-10-33(29)39-34/h2-22,38H,1H3. The Kier molecular flexibility index (Phi) is 5.26. The summed E-state index contributed by atoms with van der Waals surface area (Å²) in [7, 11) is 0. The van der Waals surface area contributed by atoms with Crippen molar-refractivity contribution in [2.45, 2.75) is 6.92 Å². The second-order valence-corrected chi connectivity index (χ2v) is 11.4. The smallest absolute Gasteiger partial charge is 0.135 e. The summed E-state index contributed by atoms with van der Waals surface area (Å²) in [5, 5.41) is 8.58. The number of fused-ring (bicyclic) bond motifs is 6. The lowest BCUT2D eigenvalue weighted by molar-refractivity contribution is 0.669. The van der Waals surface area contributed by atoms with E-state index in [9.17, 15) is 0 Å². The molecule has 0 radical (unpaired) electrons. The summed E-state index contributed by atoms with van der Waals surface area (Å²) in [5.74, 6) is 0. The number of para-hydroxylation sites is 1. The molecule has 0 bridgehead atoms. The number of hydrogen-bond acceptors (Lipinski definition) is 3. The minimum absolute atomic E-state index is 0.921. The van der Waals surface area contributed by atoms with E-state index in [1.165, 1.54) is 48.0 Å². The van der Waals surface area contributed by atoms with Gasteiger partial charge in [-0.1, -0.05) is 90.5 Å². The number of benzene rings is 6. The lowest BCUT2D eigenvalue weighted by atomic mass is 10.0. The van der Waals surface area contributed by atoms with E-state index in [4.69, 9.17) is 4.42 Å². The SMILES string of the molecule is Cc1ccc(-c2cccc3c2sc2cccc(Nc4ccc(-c5ccc6oc7ccccc7c6c5)cc4)c23)cc1. The Bertz CT molecular complexity index is 2180. The second kappa shape index (κ2) is 9.11. The van der Waals surface area contributed by atoms with Crippen LogP contribution in [0.25, 0.3) is 64.4 Å². The average molecular weight is 532 g/mol. The van der Waals surface area contributed by atoms with E-state index < -0.39 is 0 Å².